The van der Waals surface area contributed by atoms with Crippen LogP contribution >= 0.6 is 0 Å². The molecule has 82 heavy (non-hydrogen) atoms. The van der Waals surface area contributed by atoms with Gasteiger partial charge in [-0.1, -0.05) is 131 Å². The van der Waals surface area contributed by atoms with E-state index < -0.39 is 12.1 Å². The quantitative estimate of drug-likeness (QED) is 0.0918. The molecule has 12 aromatic rings. The van der Waals surface area contributed by atoms with Gasteiger partial charge in [-0.25, -0.2) is 4.68 Å². The van der Waals surface area contributed by atoms with Gasteiger partial charge in [0.25, 0.3) is 0 Å². The second-order valence-corrected chi connectivity index (χ2v) is 20.8. The molecule has 6 aromatic carbocycles. The Morgan fingerprint density at radius 2 is 1.01 bits per heavy atom. The molecule has 0 saturated carbocycles. The van der Waals surface area contributed by atoms with E-state index in [9.17, 15) is 9.59 Å². The summed E-state index contributed by atoms with van der Waals surface area (Å²) in [6.07, 6.45) is 3.37. The molecule has 0 bridgehead atoms. The van der Waals surface area contributed by atoms with Crippen LogP contribution in [0.5, 0.6) is 0 Å². The zero-order chi connectivity index (χ0) is 57.0. The lowest BCUT2D eigenvalue weighted by atomic mass is 9.93. The standard InChI is InChI=1S/2C32H30N6O3/c1-19-10-12-26(20(2)14-19)31(24-8-6-5-7-9-24)34-29(39)16-23-11-13-27-25(15-23)17-28(40-27)32(38-18-33-36-37-38)30-21(3)35-41-22(30)4;1-19-10-12-26(20(2)14-19)31(24-8-6-5-7-9-24)35-29(39)16-23-11-13-27-25(15-23)17-28(40-27)32(38-34-18-33-37-38)30-21(3)36-41-22(30)4/h5-15,17-18,31-32H,16H2,1-4H3,(H,34,39);5-15,17-18,31-32H,16H2,1-4H3,(H,35,39). The van der Waals surface area contributed by atoms with Crippen LogP contribution in [0.25, 0.3) is 21.9 Å². The van der Waals surface area contributed by atoms with E-state index in [0.29, 0.717) is 34.2 Å². The highest BCUT2D eigenvalue weighted by Crippen LogP contribution is 2.37. The van der Waals surface area contributed by atoms with E-state index in [1.807, 2.05) is 137 Å². The summed E-state index contributed by atoms with van der Waals surface area (Å²) in [7, 11) is 0. The number of amides is 2. The van der Waals surface area contributed by atoms with Gasteiger partial charge in [0.15, 0.2) is 12.4 Å². The van der Waals surface area contributed by atoms with Crippen LogP contribution in [0, 0.1) is 55.4 Å². The smallest absolute Gasteiger partial charge is 0.225 e. The third kappa shape index (κ3) is 11.5. The number of tetrazole rings is 2. The van der Waals surface area contributed by atoms with Gasteiger partial charge < -0.3 is 28.5 Å². The maximum atomic E-state index is 13.4. The summed E-state index contributed by atoms with van der Waals surface area (Å²) in [5, 5.41) is 40.5. The summed E-state index contributed by atoms with van der Waals surface area (Å²) >= 11 is 0. The molecule has 4 atom stereocenters. The lowest BCUT2D eigenvalue weighted by Crippen LogP contribution is -2.31. The fourth-order valence-corrected chi connectivity index (χ4v) is 10.9. The summed E-state index contributed by atoms with van der Waals surface area (Å²) < 4.78 is 25.0. The van der Waals surface area contributed by atoms with E-state index in [1.165, 1.54) is 22.3 Å². The van der Waals surface area contributed by atoms with E-state index in [4.69, 9.17) is 17.9 Å². The predicted octanol–water partition coefficient (Wildman–Crippen LogP) is 11.5. The van der Waals surface area contributed by atoms with Crippen LogP contribution in [-0.2, 0) is 22.4 Å². The van der Waals surface area contributed by atoms with Crippen LogP contribution in [0.1, 0.15) is 125 Å². The molecule has 18 nitrogen and oxygen atoms in total. The number of hydrogen-bond donors (Lipinski definition) is 2. The first kappa shape index (κ1) is 53.9. The minimum atomic E-state index is -0.493. The van der Waals surface area contributed by atoms with Crippen LogP contribution in [0.2, 0.25) is 0 Å². The average Bonchev–Trinajstić information content (AvgIpc) is 3.98. The highest BCUT2D eigenvalue weighted by atomic mass is 16.5. The van der Waals surface area contributed by atoms with Crippen molar-refractivity contribution in [2.24, 2.45) is 0 Å². The summed E-state index contributed by atoms with van der Waals surface area (Å²) in [5.41, 5.74) is 15.2. The number of nitrogens with one attached hydrogen (secondary N) is 2. The topological polar surface area (TPSA) is 224 Å². The first-order valence-electron chi connectivity index (χ1n) is 26.9. The maximum absolute atomic E-state index is 13.4. The second kappa shape index (κ2) is 23.3. The normalized spacial score (nSPS) is 12.9. The molecule has 18 heteroatoms. The Kier molecular flexibility index (Phi) is 15.3. The Labute approximate surface area is 472 Å². The van der Waals surface area contributed by atoms with Crippen LogP contribution in [0.3, 0.4) is 0 Å². The second-order valence-electron chi connectivity index (χ2n) is 20.8. The minimum Gasteiger partial charge on any atom is -0.458 e. The van der Waals surface area contributed by atoms with Crippen molar-refractivity contribution in [1.29, 1.82) is 0 Å². The van der Waals surface area contributed by atoms with E-state index in [1.54, 1.807) is 11.0 Å². The molecule has 4 unspecified atom stereocenters. The zero-order valence-electron chi connectivity index (χ0n) is 46.7. The van der Waals surface area contributed by atoms with Crippen molar-refractivity contribution >= 4 is 33.8 Å². The highest BCUT2D eigenvalue weighted by Gasteiger charge is 2.31. The molecule has 2 N–H and O–H groups in total. The average molecular weight is 1090 g/mol. The van der Waals surface area contributed by atoms with Gasteiger partial charge in [-0.05, 0) is 152 Å². The number of fused-ring (bicyclic) bond motifs is 2. The summed E-state index contributed by atoms with van der Waals surface area (Å²) in [5.74, 6) is 2.44. The third-order valence-electron chi connectivity index (χ3n) is 14.8. The molecule has 0 spiro atoms. The number of aromatic nitrogens is 10. The molecular formula is C64H60N12O6. The Bertz CT molecular complexity index is 3870. The van der Waals surface area contributed by atoms with Gasteiger partial charge in [0, 0.05) is 16.3 Å². The molecular weight excluding hydrogens is 1030 g/mol. The SMILES string of the molecule is Cc1ccc(C(NC(=O)Cc2ccc3oc(C(c4c(C)noc4C)n4cnnn4)cc3c2)c2ccccc2)c(C)c1.Cc1ccc(C(NC(=O)Cc2ccc3oc(C(c4c(C)noc4C)n4ncnn4)cc3c2)c2ccccc2)c(C)c1. The molecule has 12 rings (SSSR count). The Morgan fingerprint density at radius 3 is 1.44 bits per heavy atom. The van der Waals surface area contributed by atoms with E-state index in [-0.39, 0.29) is 36.7 Å². The number of carbonyl (C=O) groups excluding carboxylic acids is 2. The number of hydrogen-bond acceptors (Lipinski definition) is 14. The third-order valence-corrected chi connectivity index (χ3v) is 14.8. The zero-order valence-corrected chi connectivity index (χ0v) is 46.7. The van der Waals surface area contributed by atoms with Crippen molar-refractivity contribution in [3.05, 3.63) is 259 Å². The van der Waals surface area contributed by atoms with Gasteiger partial charge in [0.05, 0.1) is 41.9 Å². The number of carbonyl (C=O) groups is 2. The van der Waals surface area contributed by atoms with Crippen LogP contribution < -0.4 is 10.6 Å². The van der Waals surface area contributed by atoms with Crippen molar-refractivity contribution in [3.8, 4) is 0 Å². The molecule has 0 aliphatic rings. The highest BCUT2D eigenvalue weighted by molar-refractivity contribution is 5.85. The van der Waals surface area contributed by atoms with Gasteiger partial charge in [-0.15, -0.1) is 20.1 Å². The number of nitrogens with zero attached hydrogens (tertiary/aromatic N) is 10. The van der Waals surface area contributed by atoms with Crippen LogP contribution in [-0.4, -0.2) is 62.5 Å². The molecule has 6 heterocycles. The maximum Gasteiger partial charge on any atom is 0.225 e. The molecule has 0 saturated heterocycles. The molecule has 0 radical (unpaired) electrons. The van der Waals surface area contributed by atoms with Crippen molar-refractivity contribution in [2.45, 2.75) is 92.4 Å². The predicted molar refractivity (Wildman–Crippen MR) is 307 cm³/mol. The van der Waals surface area contributed by atoms with Gasteiger partial charge >= 0.3 is 0 Å². The van der Waals surface area contributed by atoms with Gasteiger partial charge in [-0.3, -0.25) is 9.59 Å². The van der Waals surface area contributed by atoms with Crippen molar-refractivity contribution in [1.82, 2.24) is 61.4 Å². The Balaban J connectivity index is 0.000000172. The van der Waals surface area contributed by atoms with Gasteiger partial charge in [0.1, 0.15) is 46.6 Å². The van der Waals surface area contributed by atoms with Gasteiger partial charge in [0.2, 0.25) is 11.8 Å². The fraction of sp³-hybridized carbons (Fsp3) is 0.219. The molecule has 6 aromatic heterocycles. The number of benzene rings is 6. The molecule has 0 aliphatic heterocycles. The first-order valence-corrected chi connectivity index (χ1v) is 26.9. The van der Waals surface area contributed by atoms with Crippen LogP contribution in [0.15, 0.2) is 176 Å². The van der Waals surface area contributed by atoms with E-state index in [2.05, 4.69) is 116 Å². The number of furan rings is 2. The summed E-state index contributed by atoms with van der Waals surface area (Å²) in [6, 6.07) is 46.8. The number of rotatable bonds is 16. The lowest BCUT2D eigenvalue weighted by molar-refractivity contribution is -0.121. The number of aryl methyl sites for hydroxylation is 8. The minimum absolute atomic E-state index is 0.0656. The van der Waals surface area contributed by atoms with E-state index in [0.717, 1.165) is 77.8 Å². The van der Waals surface area contributed by atoms with Crippen molar-refractivity contribution < 1.29 is 27.5 Å². The van der Waals surface area contributed by atoms with Gasteiger partial charge in [-0.2, -0.15) is 0 Å². The Hall–Kier alpha value is -10.1. The first-order chi connectivity index (χ1) is 39.7. The lowest BCUT2D eigenvalue weighted by Gasteiger charge is -2.22. The van der Waals surface area contributed by atoms with Crippen molar-refractivity contribution in [3.63, 3.8) is 0 Å². The monoisotopic (exact) mass is 1090 g/mol. The molecule has 2 amide bonds. The fourth-order valence-electron chi connectivity index (χ4n) is 10.9. The molecule has 0 fully saturated rings. The molecule has 412 valence electrons. The summed E-state index contributed by atoms with van der Waals surface area (Å²) in [6.45, 7) is 15.8. The molecule has 0 aliphatic carbocycles. The Morgan fingerprint density at radius 1 is 0.524 bits per heavy atom. The van der Waals surface area contributed by atoms with Crippen LogP contribution in [0.4, 0.5) is 0 Å². The largest absolute Gasteiger partial charge is 0.458 e. The van der Waals surface area contributed by atoms with E-state index >= 15 is 0 Å². The van der Waals surface area contributed by atoms with Crippen molar-refractivity contribution in [2.75, 3.05) is 0 Å². The summed E-state index contributed by atoms with van der Waals surface area (Å²) in [4.78, 5) is 28.3.